The summed E-state index contributed by atoms with van der Waals surface area (Å²) in [6.45, 7) is 12.0. The Hall–Kier alpha value is -0.0400. The molecule has 0 aromatic carbocycles. The van der Waals surface area contributed by atoms with Crippen LogP contribution < -0.4 is 0 Å². The summed E-state index contributed by atoms with van der Waals surface area (Å²) in [5, 5.41) is 0. The second kappa shape index (κ2) is 5.75. The second-order valence-electron chi connectivity index (χ2n) is 5.26. The van der Waals surface area contributed by atoms with Gasteiger partial charge in [0.2, 0.25) is 0 Å². The Labute approximate surface area is 89.9 Å². The quantitative estimate of drug-likeness (QED) is 0.666. The summed E-state index contributed by atoms with van der Waals surface area (Å²) in [5.41, 5.74) is 0. The zero-order chi connectivity index (χ0) is 10.6. The third kappa shape index (κ3) is 3.27. The van der Waals surface area contributed by atoms with Crippen LogP contribution >= 0.6 is 0 Å². The Balaban J connectivity index is 2.32. The van der Waals surface area contributed by atoms with Gasteiger partial charge in [0.25, 0.3) is 0 Å². The first kappa shape index (κ1) is 12.0. The first-order chi connectivity index (χ1) is 6.65. The Morgan fingerprint density at radius 2 is 2.07 bits per heavy atom. The molecule has 0 aromatic rings. The molecule has 0 aliphatic carbocycles. The van der Waals surface area contributed by atoms with Crippen molar-refractivity contribution in [2.75, 3.05) is 13.1 Å². The number of likely N-dealkylation sites (tertiary alicyclic amines) is 1. The lowest BCUT2D eigenvalue weighted by Gasteiger charge is -2.39. The predicted octanol–water partition coefficient (Wildman–Crippen LogP) is 3.54. The van der Waals surface area contributed by atoms with Gasteiger partial charge in [-0.05, 0) is 38.6 Å². The van der Waals surface area contributed by atoms with Gasteiger partial charge in [0.05, 0.1) is 0 Å². The van der Waals surface area contributed by atoms with Crippen molar-refractivity contribution in [1.29, 1.82) is 0 Å². The van der Waals surface area contributed by atoms with E-state index in [9.17, 15) is 0 Å². The summed E-state index contributed by atoms with van der Waals surface area (Å²) in [7, 11) is 0. The smallest absolute Gasteiger partial charge is 0.00387 e. The maximum atomic E-state index is 2.63. The molecule has 84 valence electrons. The van der Waals surface area contributed by atoms with E-state index in [0.717, 1.165) is 17.9 Å². The van der Waals surface area contributed by atoms with E-state index >= 15 is 0 Å². The number of hydrogen-bond acceptors (Lipinski definition) is 1. The number of rotatable bonds is 4. The average molecular weight is 197 g/mol. The number of hydrogen-bond donors (Lipinski definition) is 0. The number of nitrogens with zero attached hydrogens (tertiary/aromatic N) is 1. The summed E-state index contributed by atoms with van der Waals surface area (Å²) in [4.78, 5) is 2.63. The van der Waals surface area contributed by atoms with Gasteiger partial charge in [-0.15, -0.1) is 0 Å². The third-order valence-electron chi connectivity index (χ3n) is 3.77. The molecule has 14 heavy (non-hydrogen) atoms. The fourth-order valence-corrected chi connectivity index (χ4v) is 2.59. The van der Waals surface area contributed by atoms with Gasteiger partial charge in [-0.1, -0.05) is 33.1 Å². The van der Waals surface area contributed by atoms with Crippen LogP contribution in [0.4, 0.5) is 0 Å². The summed E-state index contributed by atoms with van der Waals surface area (Å²) in [5.74, 6) is 1.92. The molecule has 1 rings (SSSR count). The molecular formula is C13H27N. The summed E-state index contributed by atoms with van der Waals surface area (Å²) in [6.07, 6.45) is 5.68. The van der Waals surface area contributed by atoms with Crippen molar-refractivity contribution in [2.45, 2.75) is 59.4 Å². The number of piperidine rings is 1. The first-order valence-corrected chi connectivity index (χ1v) is 6.39. The van der Waals surface area contributed by atoms with Crippen molar-refractivity contribution in [3.63, 3.8) is 0 Å². The molecule has 1 fully saturated rings. The van der Waals surface area contributed by atoms with Crippen LogP contribution in [0, 0.1) is 11.8 Å². The fourth-order valence-electron chi connectivity index (χ4n) is 2.59. The highest BCUT2D eigenvalue weighted by Gasteiger charge is 2.26. The monoisotopic (exact) mass is 197 g/mol. The van der Waals surface area contributed by atoms with Crippen LogP contribution in [0.1, 0.15) is 53.4 Å². The van der Waals surface area contributed by atoms with E-state index in [4.69, 9.17) is 0 Å². The predicted molar refractivity (Wildman–Crippen MR) is 63.5 cm³/mol. The van der Waals surface area contributed by atoms with Crippen LogP contribution in [0.25, 0.3) is 0 Å². The lowest BCUT2D eigenvalue weighted by molar-refractivity contribution is 0.0968. The standard InChI is InChI=1S/C13H27N/c1-5-6-7-13-8-9-14(11(2)3)10-12(13)4/h11-13H,5-10H2,1-4H3/t12?,13-/m0/s1. The van der Waals surface area contributed by atoms with Crippen molar-refractivity contribution in [2.24, 2.45) is 11.8 Å². The summed E-state index contributed by atoms with van der Waals surface area (Å²) in [6, 6.07) is 0.740. The Morgan fingerprint density at radius 3 is 2.57 bits per heavy atom. The number of unbranched alkanes of at least 4 members (excludes halogenated alkanes) is 1. The molecule has 0 spiro atoms. The van der Waals surface area contributed by atoms with Crippen molar-refractivity contribution in [1.82, 2.24) is 4.90 Å². The highest BCUT2D eigenvalue weighted by atomic mass is 15.2. The van der Waals surface area contributed by atoms with Crippen LogP contribution in [0.3, 0.4) is 0 Å². The third-order valence-corrected chi connectivity index (χ3v) is 3.77. The zero-order valence-corrected chi connectivity index (χ0v) is 10.4. The minimum Gasteiger partial charge on any atom is -0.301 e. The zero-order valence-electron chi connectivity index (χ0n) is 10.4. The van der Waals surface area contributed by atoms with Crippen LogP contribution in [0.2, 0.25) is 0 Å². The van der Waals surface area contributed by atoms with Crippen molar-refractivity contribution < 1.29 is 0 Å². The van der Waals surface area contributed by atoms with Crippen LogP contribution in [-0.2, 0) is 0 Å². The SMILES string of the molecule is CCCC[C@H]1CCN(C(C)C)CC1C. The molecular weight excluding hydrogens is 170 g/mol. The first-order valence-electron chi connectivity index (χ1n) is 6.39. The van der Waals surface area contributed by atoms with Gasteiger partial charge in [-0.2, -0.15) is 0 Å². The minimum absolute atomic E-state index is 0.740. The lowest BCUT2D eigenvalue weighted by Crippen LogP contribution is -2.42. The maximum absolute atomic E-state index is 2.63. The van der Waals surface area contributed by atoms with Gasteiger partial charge in [-0.3, -0.25) is 0 Å². The molecule has 1 unspecified atom stereocenters. The lowest BCUT2D eigenvalue weighted by atomic mass is 9.83. The minimum atomic E-state index is 0.740. The highest BCUT2D eigenvalue weighted by molar-refractivity contribution is 4.79. The molecule has 0 aromatic heterocycles. The second-order valence-corrected chi connectivity index (χ2v) is 5.26. The van der Waals surface area contributed by atoms with Crippen LogP contribution in [-0.4, -0.2) is 24.0 Å². The molecule has 1 heteroatoms. The molecule has 2 atom stereocenters. The molecule has 0 bridgehead atoms. The van der Waals surface area contributed by atoms with Crippen LogP contribution in [0.5, 0.6) is 0 Å². The molecule has 1 aliphatic heterocycles. The van der Waals surface area contributed by atoms with E-state index in [1.165, 1.54) is 38.8 Å². The van der Waals surface area contributed by atoms with Gasteiger partial charge in [0, 0.05) is 12.6 Å². The molecule has 0 saturated carbocycles. The summed E-state index contributed by atoms with van der Waals surface area (Å²) >= 11 is 0. The van der Waals surface area contributed by atoms with Gasteiger partial charge >= 0.3 is 0 Å². The highest BCUT2D eigenvalue weighted by Crippen LogP contribution is 2.28. The van der Waals surface area contributed by atoms with E-state index < -0.39 is 0 Å². The molecule has 1 heterocycles. The van der Waals surface area contributed by atoms with Crippen molar-refractivity contribution in [3.05, 3.63) is 0 Å². The molecule has 0 radical (unpaired) electrons. The molecule has 1 nitrogen and oxygen atoms in total. The molecule has 0 N–H and O–H groups in total. The van der Waals surface area contributed by atoms with E-state index in [2.05, 4.69) is 32.6 Å². The van der Waals surface area contributed by atoms with E-state index in [1.807, 2.05) is 0 Å². The molecule has 1 aliphatic rings. The van der Waals surface area contributed by atoms with E-state index in [0.29, 0.717) is 0 Å². The van der Waals surface area contributed by atoms with E-state index in [-0.39, 0.29) is 0 Å². The van der Waals surface area contributed by atoms with Gasteiger partial charge in [0.1, 0.15) is 0 Å². The molecule has 0 amide bonds. The fraction of sp³-hybridized carbons (Fsp3) is 1.00. The normalized spacial score (nSPS) is 29.8. The largest absolute Gasteiger partial charge is 0.301 e. The average Bonchev–Trinajstić information content (AvgIpc) is 2.15. The Morgan fingerprint density at radius 1 is 1.36 bits per heavy atom. The molecule has 1 saturated heterocycles. The Bertz CT molecular complexity index is 153. The maximum Gasteiger partial charge on any atom is 0.00387 e. The Kier molecular flexibility index (Phi) is 4.94. The van der Waals surface area contributed by atoms with Gasteiger partial charge < -0.3 is 4.90 Å². The van der Waals surface area contributed by atoms with E-state index in [1.54, 1.807) is 0 Å². The van der Waals surface area contributed by atoms with Crippen LogP contribution in [0.15, 0.2) is 0 Å². The van der Waals surface area contributed by atoms with Crippen molar-refractivity contribution in [3.8, 4) is 0 Å². The van der Waals surface area contributed by atoms with Gasteiger partial charge in [-0.25, -0.2) is 0 Å². The topological polar surface area (TPSA) is 3.24 Å². The van der Waals surface area contributed by atoms with Crippen molar-refractivity contribution >= 4 is 0 Å². The summed E-state index contributed by atoms with van der Waals surface area (Å²) < 4.78 is 0. The van der Waals surface area contributed by atoms with Gasteiger partial charge in [0.15, 0.2) is 0 Å².